The molecule has 0 spiro atoms. The number of carbonyl (C=O) groups is 2. The highest BCUT2D eigenvalue weighted by Gasteiger charge is 2.28. The monoisotopic (exact) mass is 245 g/mol. The molecule has 18 heavy (non-hydrogen) atoms. The molecule has 4 nitrogen and oxygen atoms in total. The van der Waals surface area contributed by atoms with E-state index < -0.39 is 5.97 Å². The third-order valence-corrected chi connectivity index (χ3v) is 2.76. The van der Waals surface area contributed by atoms with Crippen LogP contribution in [0.4, 0.5) is 0 Å². The number of hydrogen-bond donors (Lipinski definition) is 0. The van der Waals surface area contributed by atoms with Gasteiger partial charge < -0.3 is 4.84 Å². The Kier molecular flexibility index (Phi) is 3.77. The first-order valence-corrected chi connectivity index (χ1v) is 5.95. The predicted octanol–water partition coefficient (Wildman–Crippen LogP) is 2.41. The fourth-order valence-corrected chi connectivity index (χ4v) is 1.74. The summed E-state index contributed by atoms with van der Waals surface area (Å²) < 4.78 is 0. The van der Waals surface area contributed by atoms with Crippen molar-refractivity contribution >= 4 is 11.9 Å². The molecule has 0 saturated carbocycles. The molecule has 2 rings (SSSR count). The number of rotatable bonds is 2. The second-order valence-electron chi connectivity index (χ2n) is 4.16. The molecule has 2 aliphatic rings. The summed E-state index contributed by atoms with van der Waals surface area (Å²) in [6, 6.07) is 0. The van der Waals surface area contributed by atoms with Crippen molar-refractivity contribution in [3.8, 4) is 0 Å². The molecule has 1 fully saturated rings. The first-order chi connectivity index (χ1) is 8.68. The third-order valence-electron chi connectivity index (χ3n) is 2.76. The molecule has 0 aromatic carbocycles. The first-order valence-electron chi connectivity index (χ1n) is 5.95. The van der Waals surface area contributed by atoms with Crippen molar-refractivity contribution in [3.63, 3.8) is 0 Å². The van der Waals surface area contributed by atoms with Crippen LogP contribution in [0.25, 0.3) is 0 Å². The minimum atomic E-state index is -0.533. The van der Waals surface area contributed by atoms with Gasteiger partial charge >= 0.3 is 5.97 Å². The summed E-state index contributed by atoms with van der Waals surface area (Å²) in [5, 5.41) is 0.999. The third kappa shape index (κ3) is 2.77. The number of allylic oxidation sites excluding steroid dienone is 5. The van der Waals surface area contributed by atoms with Crippen molar-refractivity contribution in [2.75, 3.05) is 0 Å². The van der Waals surface area contributed by atoms with Crippen molar-refractivity contribution in [2.24, 2.45) is 0 Å². The highest BCUT2D eigenvalue weighted by atomic mass is 16.7. The normalized spacial score (nSPS) is 21.3. The van der Waals surface area contributed by atoms with Gasteiger partial charge in [0.05, 0.1) is 11.3 Å². The van der Waals surface area contributed by atoms with Gasteiger partial charge in [-0.25, -0.2) is 4.79 Å². The molecule has 0 atom stereocenters. The van der Waals surface area contributed by atoms with Gasteiger partial charge in [0, 0.05) is 6.42 Å². The van der Waals surface area contributed by atoms with Crippen molar-refractivity contribution in [1.29, 1.82) is 0 Å². The molecule has 0 unspecified atom stereocenters. The van der Waals surface area contributed by atoms with Crippen molar-refractivity contribution < 1.29 is 14.4 Å². The van der Waals surface area contributed by atoms with Gasteiger partial charge in [0.15, 0.2) is 0 Å². The maximum atomic E-state index is 11.9. The van der Waals surface area contributed by atoms with E-state index in [0.717, 1.165) is 17.9 Å². The summed E-state index contributed by atoms with van der Waals surface area (Å²) in [6.45, 7) is 3.69. The van der Waals surface area contributed by atoms with E-state index in [1.54, 1.807) is 12.2 Å². The maximum absolute atomic E-state index is 11.9. The molecule has 0 bridgehead atoms. The molecule has 94 valence electrons. The smallest absolute Gasteiger partial charge is 0.328 e. The molecule has 1 amide bonds. The molecule has 1 heterocycles. The van der Waals surface area contributed by atoms with E-state index in [1.807, 2.05) is 18.2 Å². The van der Waals surface area contributed by atoms with E-state index in [-0.39, 0.29) is 5.91 Å². The van der Waals surface area contributed by atoms with Crippen LogP contribution in [0.5, 0.6) is 0 Å². The largest absolute Gasteiger partial charge is 0.363 e. The predicted molar refractivity (Wildman–Crippen MR) is 66.9 cm³/mol. The van der Waals surface area contributed by atoms with Gasteiger partial charge in [-0.05, 0) is 25.3 Å². The van der Waals surface area contributed by atoms with E-state index in [1.165, 1.54) is 0 Å². The second-order valence-corrected chi connectivity index (χ2v) is 4.16. The highest BCUT2D eigenvalue weighted by molar-refractivity contribution is 5.93. The lowest BCUT2D eigenvalue weighted by Crippen LogP contribution is -2.27. The lowest BCUT2D eigenvalue weighted by atomic mass is 10.1. The van der Waals surface area contributed by atoms with Gasteiger partial charge in [0.1, 0.15) is 0 Å². The zero-order valence-electron chi connectivity index (χ0n) is 10.1. The standard InChI is InChI=1S/C14H15NO3/c1-11-9-10-13(16)15(11)18-14(17)12-7-5-3-2-4-6-8-12/h3,5-8H,1-2,4,9-10H2/b5-3-,8-6?,12-7?. The fourth-order valence-electron chi connectivity index (χ4n) is 1.74. The first kappa shape index (κ1) is 12.4. The average Bonchev–Trinajstić information content (AvgIpc) is 2.60. The number of carbonyl (C=O) groups excluding carboxylic acids is 2. The van der Waals surface area contributed by atoms with E-state index >= 15 is 0 Å². The Balaban J connectivity index is 2.07. The summed E-state index contributed by atoms with van der Waals surface area (Å²) >= 11 is 0. The van der Waals surface area contributed by atoms with E-state index in [4.69, 9.17) is 4.84 Å². The van der Waals surface area contributed by atoms with Crippen molar-refractivity contribution in [1.82, 2.24) is 5.06 Å². The lowest BCUT2D eigenvalue weighted by molar-refractivity contribution is -0.182. The van der Waals surface area contributed by atoms with E-state index in [2.05, 4.69) is 6.58 Å². The Morgan fingerprint density at radius 3 is 2.78 bits per heavy atom. The van der Waals surface area contributed by atoms with Crippen LogP contribution >= 0.6 is 0 Å². The number of nitrogens with zero attached hydrogens (tertiary/aromatic N) is 1. The molecule has 0 N–H and O–H groups in total. The SMILES string of the molecule is C=C1CCC(=O)N1OC(=O)C1=C/C=C\CCC=C1. The molecule has 0 radical (unpaired) electrons. The van der Waals surface area contributed by atoms with Crippen LogP contribution in [-0.2, 0) is 14.4 Å². The molecule has 0 aromatic heterocycles. The van der Waals surface area contributed by atoms with Crippen LogP contribution in [0, 0.1) is 0 Å². The molecule has 1 saturated heterocycles. The average molecular weight is 245 g/mol. The van der Waals surface area contributed by atoms with Crippen LogP contribution in [0.2, 0.25) is 0 Å². The van der Waals surface area contributed by atoms with Gasteiger partial charge in [-0.1, -0.05) is 30.9 Å². The Morgan fingerprint density at radius 1 is 1.28 bits per heavy atom. The van der Waals surface area contributed by atoms with Gasteiger partial charge in [-0.3, -0.25) is 4.79 Å². The van der Waals surface area contributed by atoms with Crippen molar-refractivity contribution in [2.45, 2.75) is 25.7 Å². The topological polar surface area (TPSA) is 46.6 Å². The van der Waals surface area contributed by atoms with Crippen LogP contribution in [0.15, 0.2) is 48.2 Å². The van der Waals surface area contributed by atoms with Gasteiger partial charge in [-0.2, -0.15) is 0 Å². The summed E-state index contributed by atoms with van der Waals surface area (Å²) in [5.41, 5.74) is 0.956. The van der Waals surface area contributed by atoms with Crippen molar-refractivity contribution in [3.05, 3.63) is 48.2 Å². The van der Waals surface area contributed by atoms with Gasteiger partial charge in [0.2, 0.25) is 0 Å². The number of hydrogen-bond acceptors (Lipinski definition) is 3. The molecular weight excluding hydrogens is 230 g/mol. The Morgan fingerprint density at radius 2 is 2.06 bits per heavy atom. The van der Waals surface area contributed by atoms with E-state index in [9.17, 15) is 9.59 Å². The lowest BCUT2D eigenvalue weighted by Gasteiger charge is -2.16. The molecule has 1 aliphatic carbocycles. The summed E-state index contributed by atoms with van der Waals surface area (Å²) in [5.74, 6) is -0.756. The van der Waals surface area contributed by atoms with E-state index in [0.29, 0.717) is 24.1 Å². The van der Waals surface area contributed by atoms with Crippen LogP contribution in [0.1, 0.15) is 25.7 Å². The highest BCUT2D eigenvalue weighted by Crippen LogP contribution is 2.22. The summed E-state index contributed by atoms with van der Waals surface area (Å²) in [4.78, 5) is 28.4. The Hall–Kier alpha value is -2.10. The molecule has 4 heteroatoms. The van der Waals surface area contributed by atoms with Crippen LogP contribution in [-0.4, -0.2) is 16.9 Å². The molecular formula is C14H15NO3. The Labute approximate surface area is 106 Å². The second kappa shape index (κ2) is 5.49. The number of hydroxylamine groups is 2. The molecule has 0 aromatic rings. The van der Waals surface area contributed by atoms with Crippen LogP contribution < -0.4 is 0 Å². The van der Waals surface area contributed by atoms with Crippen LogP contribution in [0.3, 0.4) is 0 Å². The summed E-state index contributed by atoms with van der Waals surface area (Å²) in [7, 11) is 0. The number of amides is 1. The fraction of sp³-hybridized carbons (Fsp3) is 0.286. The zero-order chi connectivity index (χ0) is 13.0. The zero-order valence-corrected chi connectivity index (χ0v) is 10.1. The summed E-state index contributed by atoms with van der Waals surface area (Å²) in [6.07, 6.45) is 11.8. The quantitative estimate of drug-likeness (QED) is 0.750. The minimum Gasteiger partial charge on any atom is -0.328 e. The minimum absolute atomic E-state index is 0.223. The Bertz CT molecular complexity index is 455. The van der Waals surface area contributed by atoms with Gasteiger partial charge in [0.25, 0.3) is 5.91 Å². The maximum Gasteiger partial charge on any atom is 0.363 e. The van der Waals surface area contributed by atoms with Gasteiger partial charge in [-0.15, -0.1) is 5.06 Å². The molecule has 1 aliphatic heterocycles.